The predicted octanol–water partition coefficient (Wildman–Crippen LogP) is 3.40. The van der Waals surface area contributed by atoms with Crippen LogP contribution in [0.2, 0.25) is 0 Å². The Bertz CT molecular complexity index is 801. The molecule has 0 saturated carbocycles. The summed E-state index contributed by atoms with van der Waals surface area (Å²) in [6.07, 6.45) is 8.19. The van der Waals surface area contributed by atoms with Gasteiger partial charge in [0.1, 0.15) is 0 Å². The number of hydrogen-bond acceptors (Lipinski definition) is 5. The van der Waals surface area contributed by atoms with Crippen LogP contribution in [0, 0.1) is 0 Å². The van der Waals surface area contributed by atoms with Crippen molar-refractivity contribution in [1.82, 2.24) is 19.9 Å². The van der Waals surface area contributed by atoms with Gasteiger partial charge in [0.05, 0.1) is 24.1 Å². The highest BCUT2D eigenvalue weighted by Crippen LogP contribution is 2.38. The van der Waals surface area contributed by atoms with Gasteiger partial charge in [0.25, 0.3) is 0 Å². The average Bonchev–Trinajstić information content (AvgIpc) is 3.01. The molecule has 1 aromatic carbocycles. The molecule has 1 unspecified atom stereocenters. The van der Waals surface area contributed by atoms with Crippen LogP contribution < -0.4 is 4.90 Å². The molecule has 0 bridgehead atoms. The van der Waals surface area contributed by atoms with E-state index in [0.29, 0.717) is 17.7 Å². The van der Waals surface area contributed by atoms with Crippen molar-refractivity contribution in [3.8, 4) is 11.6 Å². The first kappa shape index (κ1) is 13.8. The fraction of sp³-hybridized carbons (Fsp3) is 0.222. The molecule has 1 aliphatic heterocycles. The molecule has 0 amide bonds. The summed E-state index contributed by atoms with van der Waals surface area (Å²) < 4.78 is 0. The van der Waals surface area contributed by atoms with Crippen molar-refractivity contribution >= 4 is 5.69 Å². The summed E-state index contributed by atoms with van der Waals surface area (Å²) >= 11 is 0. The molecule has 3 aromatic rings. The lowest BCUT2D eigenvalue weighted by molar-refractivity contribution is 0.646. The first-order chi connectivity index (χ1) is 11.4. The summed E-state index contributed by atoms with van der Waals surface area (Å²) in [5.41, 5.74) is 3.83. The Hall–Kier alpha value is -2.82. The third kappa shape index (κ3) is 2.44. The summed E-state index contributed by atoms with van der Waals surface area (Å²) in [6, 6.07) is 10.8. The second-order valence-electron chi connectivity index (χ2n) is 5.59. The number of aromatic nitrogens is 4. The maximum Gasteiger partial charge on any atom is 0.197 e. The Morgan fingerprint density at radius 2 is 1.65 bits per heavy atom. The van der Waals surface area contributed by atoms with Gasteiger partial charge in [-0.25, -0.2) is 19.9 Å². The first-order valence-electron chi connectivity index (χ1n) is 7.80. The van der Waals surface area contributed by atoms with Gasteiger partial charge < -0.3 is 4.90 Å². The number of rotatable bonds is 3. The van der Waals surface area contributed by atoms with E-state index in [1.54, 1.807) is 18.5 Å². The zero-order chi connectivity index (χ0) is 15.6. The molecular weight excluding hydrogens is 286 g/mol. The molecule has 2 aromatic heterocycles. The second-order valence-corrected chi connectivity index (χ2v) is 5.59. The van der Waals surface area contributed by atoms with Crippen molar-refractivity contribution < 1.29 is 0 Å². The zero-order valence-electron chi connectivity index (χ0n) is 12.9. The minimum atomic E-state index is 0.383. The minimum Gasteiger partial charge on any atom is -0.358 e. The van der Waals surface area contributed by atoms with Crippen molar-refractivity contribution in [3.63, 3.8) is 0 Å². The van der Waals surface area contributed by atoms with Gasteiger partial charge in [0.15, 0.2) is 11.6 Å². The van der Waals surface area contributed by atoms with Crippen molar-refractivity contribution in [3.05, 3.63) is 66.2 Å². The van der Waals surface area contributed by atoms with Crippen LogP contribution in [-0.2, 0) is 6.54 Å². The monoisotopic (exact) mass is 303 g/mol. The van der Waals surface area contributed by atoms with E-state index < -0.39 is 0 Å². The van der Waals surface area contributed by atoms with Crippen molar-refractivity contribution in [2.45, 2.75) is 25.9 Å². The lowest BCUT2D eigenvalue weighted by Gasteiger charge is -2.25. The molecule has 0 aliphatic carbocycles. The third-order valence-corrected chi connectivity index (χ3v) is 4.25. The van der Waals surface area contributed by atoms with Crippen LogP contribution in [0.25, 0.3) is 11.6 Å². The summed E-state index contributed by atoms with van der Waals surface area (Å²) in [5, 5.41) is 0. The largest absolute Gasteiger partial charge is 0.358 e. The van der Waals surface area contributed by atoms with Crippen molar-refractivity contribution in [2.24, 2.45) is 0 Å². The van der Waals surface area contributed by atoms with Gasteiger partial charge in [-0.1, -0.05) is 31.2 Å². The molecule has 5 nitrogen and oxygen atoms in total. The predicted molar refractivity (Wildman–Crippen MR) is 88.7 cm³/mol. The Morgan fingerprint density at radius 1 is 0.957 bits per heavy atom. The van der Waals surface area contributed by atoms with Gasteiger partial charge in [-0.15, -0.1) is 0 Å². The summed E-state index contributed by atoms with van der Waals surface area (Å²) in [6.45, 7) is 3.12. The summed E-state index contributed by atoms with van der Waals surface area (Å²) in [7, 11) is 0. The van der Waals surface area contributed by atoms with Crippen LogP contribution in [0.4, 0.5) is 5.69 Å². The van der Waals surface area contributed by atoms with Crippen LogP contribution in [0.5, 0.6) is 0 Å². The number of anilines is 1. The van der Waals surface area contributed by atoms with E-state index in [9.17, 15) is 0 Å². The Balaban J connectivity index is 1.64. The van der Waals surface area contributed by atoms with E-state index in [0.717, 1.165) is 18.7 Å². The number of benzene rings is 1. The van der Waals surface area contributed by atoms with E-state index in [1.165, 1.54) is 11.1 Å². The van der Waals surface area contributed by atoms with Gasteiger partial charge in [-0.2, -0.15) is 0 Å². The highest BCUT2D eigenvalue weighted by molar-refractivity contribution is 5.54. The molecule has 0 saturated heterocycles. The minimum absolute atomic E-state index is 0.383. The summed E-state index contributed by atoms with van der Waals surface area (Å²) in [4.78, 5) is 19.6. The smallest absolute Gasteiger partial charge is 0.197 e. The van der Waals surface area contributed by atoms with E-state index in [-0.39, 0.29) is 0 Å². The number of hydrogen-bond donors (Lipinski definition) is 0. The Labute approximate surface area is 135 Å². The molecule has 3 heterocycles. The molecular formula is C18H17N5. The fourth-order valence-electron chi connectivity index (χ4n) is 3.18. The SMILES string of the molecule is CCC1c2ccccc2CN1c1cnc(-c2ncccn2)nc1. The third-order valence-electron chi connectivity index (χ3n) is 4.25. The average molecular weight is 303 g/mol. The van der Waals surface area contributed by atoms with Crippen LogP contribution in [0.1, 0.15) is 30.5 Å². The molecule has 1 aliphatic rings. The highest BCUT2D eigenvalue weighted by Gasteiger charge is 2.29. The van der Waals surface area contributed by atoms with E-state index in [4.69, 9.17) is 0 Å². The van der Waals surface area contributed by atoms with Gasteiger partial charge in [-0.05, 0) is 23.6 Å². The second kappa shape index (κ2) is 5.76. The zero-order valence-corrected chi connectivity index (χ0v) is 12.9. The lowest BCUT2D eigenvalue weighted by atomic mass is 10.0. The molecule has 4 rings (SSSR count). The van der Waals surface area contributed by atoms with Gasteiger partial charge >= 0.3 is 0 Å². The van der Waals surface area contributed by atoms with E-state index in [1.807, 2.05) is 12.4 Å². The number of fused-ring (bicyclic) bond motifs is 1. The lowest BCUT2D eigenvalue weighted by Crippen LogP contribution is -2.21. The standard InChI is InChI=1S/C18H17N5/c1-2-16-15-7-4-3-6-13(15)12-23(16)14-10-21-18(22-11-14)17-19-8-5-9-20-17/h3-11,16H,2,12H2,1H3. The Kier molecular flexibility index (Phi) is 3.46. The van der Waals surface area contributed by atoms with Gasteiger partial charge in [0.2, 0.25) is 0 Å². The fourth-order valence-corrected chi connectivity index (χ4v) is 3.18. The maximum atomic E-state index is 4.45. The molecule has 1 atom stereocenters. The van der Waals surface area contributed by atoms with Crippen LogP contribution in [-0.4, -0.2) is 19.9 Å². The molecule has 0 spiro atoms. The molecule has 114 valence electrons. The van der Waals surface area contributed by atoms with Crippen LogP contribution in [0.3, 0.4) is 0 Å². The van der Waals surface area contributed by atoms with Crippen LogP contribution in [0.15, 0.2) is 55.1 Å². The molecule has 0 N–H and O–H groups in total. The summed E-state index contributed by atoms with van der Waals surface area (Å²) in [5.74, 6) is 1.11. The normalized spacial score (nSPS) is 16.4. The van der Waals surface area contributed by atoms with Crippen molar-refractivity contribution in [2.75, 3.05) is 4.90 Å². The van der Waals surface area contributed by atoms with E-state index >= 15 is 0 Å². The van der Waals surface area contributed by atoms with Crippen molar-refractivity contribution in [1.29, 1.82) is 0 Å². The molecule has 5 heteroatoms. The molecule has 23 heavy (non-hydrogen) atoms. The quantitative estimate of drug-likeness (QED) is 0.742. The molecule has 0 fully saturated rings. The topological polar surface area (TPSA) is 54.8 Å². The highest BCUT2D eigenvalue weighted by atomic mass is 15.2. The number of nitrogens with zero attached hydrogens (tertiary/aromatic N) is 5. The van der Waals surface area contributed by atoms with E-state index in [2.05, 4.69) is 56.0 Å². The Morgan fingerprint density at radius 3 is 2.39 bits per heavy atom. The van der Waals surface area contributed by atoms with Gasteiger partial charge in [0, 0.05) is 18.9 Å². The maximum absolute atomic E-state index is 4.45. The van der Waals surface area contributed by atoms with Crippen LogP contribution >= 0.6 is 0 Å². The van der Waals surface area contributed by atoms with Gasteiger partial charge in [-0.3, -0.25) is 0 Å². The molecule has 0 radical (unpaired) electrons. The first-order valence-corrected chi connectivity index (χ1v) is 7.80.